The summed E-state index contributed by atoms with van der Waals surface area (Å²) in [6, 6.07) is 9.76. The van der Waals surface area contributed by atoms with Gasteiger partial charge in [0.05, 0.1) is 5.69 Å². The van der Waals surface area contributed by atoms with Crippen molar-refractivity contribution in [2.24, 2.45) is 0 Å². The van der Waals surface area contributed by atoms with Crippen LogP contribution in [0.1, 0.15) is 0 Å². The van der Waals surface area contributed by atoms with Crippen LogP contribution in [0.15, 0.2) is 40.9 Å². The summed E-state index contributed by atoms with van der Waals surface area (Å²) in [7, 11) is 0. The molecule has 0 aromatic heterocycles. The van der Waals surface area contributed by atoms with Crippen molar-refractivity contribution in [3.8, 4) is 12.1 Å². The van der Waals surface area contributed by atoms with Gasteiger partial charge in [-0.15, -0.1) is 0 Å². The van der Waals surface area contributed by atoms with Crippen LogP contribution in [-0.2, 0) is 0 Å². The molecule has 86 valence electrons. The zero-order chi connectivity index (χ0) is 12.7. The molecule has 1 aromatic rings. The van der Waals surface area contributed by atoms with Crippen LogP contribution in [0.2, 0.25) is 0 Å². The predicted octanol–water partition coefficient (Wildman–Crippen LogP) is 3.34. The van der Waals surface area contributed by atoms with Crippen molar-refractivity contribution in [2.45, 2.75) is 10.7 Å². The Kier molecular flexibility index (Phi) is 4.99. The lowest BCUT2D eigenvalue weighted by Crippen LogP contribution is -1.93. The van der Waals surface area contributed by atoms with Gasteiger partial charge < -0.3 is 5.32 Å². The molecule has 0 saturated carbocycles. The van der Waals surface area contributed by atoms with E-state index in [1.165, 1.54) is 12.3 Å². The maximum atomic E-state index is 12.2. The number of benzene rings is 1. The van der Waals surface area contributed by atoms with E-state index < -0.39 is 5.76 Å². The first-order valence-corrected chi connectivity index (χ1v) is 5.36. The maximum Gasteiger partial charge on any atom is 0.288 e. The highest BCUT2D eigenvalue weighted by Crippen LogP contribution is 2.31. The highest BCUT2D eigenvalue weighted by Gasteiger charge is 2.08. The van der Waals surface area contributed by atoms with Crippen LogP contribution in [0.25, 0.3) is 0 Å². The second-order valence-electron chi connectivity index (χ2n) is 2.80. The number of allylic oxidation sites excluding steroid dienone is 1. The van der Waals surface area contributed by atoms with Gasteiger partial charge in [-0.05, 0) is 12.1 Å². The highest BCUT2D eigenvalue weighted by molar-refractivity contribution is 7.99. The Bertz CT molecular complexity index is 484. The molecule has 0 spiro atoms. The molecule has 1 aromatic carbocycles. The van der Waals surface area contributed by atoms with Crippen molar-refractivity contribution < 1.29 is 8.78 Å². The molecule has 0 atom stereocenters. The van der Waals surface area contributed by atoms with Gasteiger partial charge in [0, 0.05) is 11.1 Å². The molecule has 0 aliphatic rings. The van der Waals surface area contributed by atoms with Crippen molar-refractivity contribution in [1.29, 1.82) is 10.5 Å². The maximum absolute atomic E-state index is 12.2. The number of thioether (sulfide) groups is 1. The van der Waals surface area contributed by atoms with Gasteiger partial charge in [0.1, 0.15) is 17.7 Å². The number of alkyl halides is 2. The summed E-state index contributed by atoms with van der Waals surface area (Å²) in [5, 5.41) is 19.7. The van der Waals surface area contributed by atoms with E-state index in [0.717, 1.165) is 0 Å². The minimum Gasteiger partial charge on any atom is -0.359 e. The van der Waals surface area contributed by atoms with Crippen LogP contribution in [0, 0.1) is 22.7 Å². The van der Waals surface area contributed by atoms with E-state index in [0.29, 0.717) is 22.3 Å². The summed E-state index contributed by atoms with van der Waals surface area (Å²) in [6.45, 7) is 0. The van der Waals surface area contributed by atoms with Gasteiger partial charge in [-0.2, -0.15) is 19.3 Å². The van der Waals surface area contributed by atoms with Gasteiger partial charge in [0.25, 0.3) is 5.76 Å². The number of rotatable bonds is 4. The number of para-hydroxylation sites is 1. The molecular weight excluding hydrogens is 244 g/mol. The summed E-state index contributed by atoms with van der Waals surface area (Å²) in [5.41, 5.74) is 0.308. The molecular formula is C11H7F2N3S. The Morgan fingerprint density at radius 3 is 2.53 bits per heavy atom. The first kappa shape index (κ1) is 13.0. The largest absolute Gasteiger partial charge is 0.359 e. The zero-order valence-electron chi connectivity index (χ0n) is 8.52. The van der Waals surface area contributed by atoms with Crippen molar-refractivity contribution in [2.75, 3.05) is 5.32 Å². The van der Waals surface area contributed by atoms with Crippen LogP contribution in [0.5, 0.6) is 0 Å². The molecule has 0 unspecified atom stereocenters. The number of nitrogens with one attached hydrogen (secondary N) is 1. The van der Waals surface area contributed by atoms with Gasteiger partial charge in [0.2, 0.25) is 0 Å². The van der Waals surface area contributed by atoms with Gasteiger partial charge >= 0.3 is 0 Å². The van der Waals surface area contributed by atoms with Crippen LogP contribution in [-0.4, -0.2) is 5.76 Å². The highest BCUT2D eigenvalue weighted by atomic mass is 32.2. The van der Waals surface area contributed by atoms with Crippen molar-refractivity contribution >= 4 is 17.4 Å². The van der Waals surface area contributed by atoms with Crippen molar-refractivity contribution in [3.63, 3.8) is 0 Å². The average Bonchev–Trinajstić information content (AvgIpc) is 2.31. The fourth-order valence-corrected chi connectivity index (χ4v) is 1.63. The lowest BCUT2D eigenvalue weighted by molar-refractivity contribution is 0.252. The van der Waals surface area contributed by atoms with Crippen LogP contribution in [0.3, 0.4) is 0 Å². The van der Waals surface area contributed by atoms with Crippen molar-refractivity contribution in [3.05, 3.63) is 36.0 Å². The normalized spacial score (nSPS) is 9.24. The molecule has 0 fully saturated rings. The third-order valence-electron chi connectivity index (χ3n) is 1.72. The molecule has 3 nitrogen and oxygen atoms in total. The smallest absolute Gasteiger partial charge is 0.288 e. The molecule has 0 aliphatic carbocycles. The quantitative estimate of drug-likeness (QED) is 0.658. The summed E-state index contributed by atoms with van der Waals surface area (Å²) in [4.78, 5) is 0.356. The Morgan fingerprint density at radius 1 is 1.29 bits per heavy atom. The number of anilines is 1. The standard InChI is InChI=1S/C11H7F2N3S/c12-11(13)17-10-4-2-1-3-9(10)16-7-8(5-14)6-15/h1-4,7,11,16H. The lowest BCUT2D eigenvalue weighted by Gasteiger charge is -2.07. The molecule has 1 rings (SSSR count). The Balaban J connectivity index is 2.89. The lowest BCUT2D eigenvalue weighted by atomic mass is 10.3. The molecule has 0 aliphatic heterocycles. The number of halogens is 2. The van der Waals surface area contributed by atoms with E-state index in [1.54, 1.807) is 30.3 Å². The van der Waals surface area contributed by atoms with Crippen LogP contribution in [0.4, 0.5) is 14.5 Å². The van der Waals surface area contributed by atoms with Crippen LogP contribution >= 0.6 is 11.8 Å². The van der Waals surface area contributed by atoms with Crippen LogP contribution < -0.4 is 5.32 Å². The van der Waals surface area contributed by atoms with Crippen molar-refractivity contribution in [1.82, 2.24) is 0 Å². The van der Waals surface area contributed by atoms with E-state index in [4.69, 9.17) is 10.5 Å². The second-order valence-corrected chi connectivity index (χ2v) is 3.83. The summed E-state index contributed by atoms with van der Waals surface area (Å²) in [6.07, 6.45) is 1.19. The summed E-state index contributed by atoms with van der Waals surface area (Å²) in [5.74, 6) is -2.52. The third-order valence-corrected chi connectivity index (χ3v) is 2.50. The topological polar surface area (TPSA) is 59.6 Å². The van der Waals surface area contributed by atoms with Gasteiger partial charge in [-0.3, -0.25) is 0 Å². The average molecular weight is 251 g/mol. The Hall–Kier alpha value is -2.05. The number of nitriles is 2. The first-order valence-electron chi connectivity index (χ1n) is 4.48. The van der Waals surface area contributed by atoms with E-state index in [2.05, 4.69) is 5.32 Å². The summed E-state index contributed by atoms with van der Waals surface area (Å²) < 4.78 is 24.5. The van der Waals surface area contributed by atoms with E-state index >= 15 is 0 Å². The van der Waals surface area contributed by atoms with E-state index in [-0.39, 0.29) is 5.57 Å². The monoisotopic (exact) mass is 251 g/mol. The zero-order valence-corrected chi connectivity index (χ0v) is 9.34. The third kappa shape index (κ3) is 4.13. The second kappa shape index (κ2) is 6.51. The minimum atomic E-state index is -2.52. The number of hydrogen-bond donors (Lipinski definition) is 1. The Morgan fingerprint density at radius 2 is 1.94 bits per heavy atom. The first-order chi connectivity index (χ1) is 8.17. The van der Waals surface area contributed by atoms with Gasteiger partial charge in [0.15, 0.2) is 0 Å². The van der Waals surface area contributed by atoms with Gasteiger partial charge in [-0.1, -0.05) is 23.9 Å². The fraction of sp³-hybridized carbons (Fsp3) is 0.0909. The molecule has 0 radical (unpaired) electrons. The number of hydrogen-bond acceptors (Lipinski definition) is 4. The fourth-order valence-electron chi connectivity index (χ4n) is 1.02. The molecule has 0 bridgehead atoms. The summed E-state index contributed by atoms with van der Waals surface area (Å²) >= 11 is 0.401. The minimum absolute atomic E-state index is 0.123. The SMILES string of the molecule is N#CC(C#N)=CNc1ccccc1SC(F)F. The van der Waals surface area contributed by atoms with Gasteiger partial charge in [-0.25, -0.2) is 0 Å². The number of nitrogens with zero attached hydrogens (tertiary/aromatic N) is 2. The molecule has 1 N–H and O–H groups in total. The molecule has 0 saturated heterocycles. The molecule has 6 heteroatoms. The van der Waals surface area contributed by atoms with E-state index in [9.17, 15) is 8.78 Å². The molecule has 17 heavy (non-hydrogen) atoms. The Labute approximate surface area is 101 Å². The molecule has 0 heterocycles. The molecule has 0 amide bonds. The predicted molar refractivity (Wildman–Crippen MR) is 61.2 cm³/mol. The van der Waals surface area contributed by atoms with E-state index in [1.807, 2.05) is 0 Å².